The summed E-state index contributed by atoms with van der Waals surface area (Å²) in [7, 11) is 0. The van der Waals surface area contributed by atoms with E-state index in [-0.39, 0.29) is 17.9 Å². The second-order valence-electron chi connectivity index (χ2n) is 5.55. The van der Waals surface area contributed by atoms with E-state index < -0.39 is 0 Å². The average molecular weight is 255 g/mol. The summed E-state index contributed by atoms with van der Waals surface area (Å²) in [5.74, 6) is 0.132. The van der Waals surface area contributed by atoms with E-state index in [9.17, 15) is 9.59 Å². The molecule has 0 fully saturated rings. The van der Waals surface area contributed by atoms with Crippen molar-refractivity contribution < 1.29 is 9.59 Å². The number of hydrogen-bond donors (Lipinski definition) is 0. The van der Waals surface area contributed by atoms with Crippen molar-refractivity contribution in [2.75, 3.05) is 0 Å². The Morgan fingerprint density at radius 3 is 2.47 bits per heavy atom. The molecule has 1 aliphatic heterocycles. The van der Waals surface area contributed by atoms with Crippen molar-refractivity contribution in [1.29, 1.82) is 0 Å². The highest BCUT2D eigenvalue weighted by atomic mass is 16.2. The van der Waals surface area contributed by atoms with Gasteiger partial charge in [0.15, 0.2) is 0 Å². The van der Waals surface area contributed by atoms with Gasteiger partial charge in [-0.05, 0) is 35.4 Å². The molecule has 2 amide bonds. The molecule has 19 heavy (non-hydrogen) atoms. The predicted molar refractivity (Wildman–Crippen MR) is 72.6 cm³/mol. The smallest absolute Gasteiger partial charge is 0.254 e. The van der Waals surface area contributed by atoms with Crippen LogP contribution < -0.4 is 0 Å². The lowest BCUT2D eigenvalue weighted by molar-refractivity contribution is -0.139. The molecule has 0 radical (unpaired) electrons. The number of carbonyl (C=O) groups excluding carboxylic acids is 2. The van der Waals surface area contributed by atoms with E-state index in [1.54, 1.807) is 0 Å². The van der Waals surface area contributed by atoms with Gasteiger partial charge >= 0.3 is 0 Å². The van der Waals surface area contributed by atoms with E-state index in [1.165, 1.54) is 28.2 Å². The average Bonchev–Trinajstić information content (AvgIpc) is 2.92. The molecule has 1 aromatic rings. The van der Waals surface area contributed by atoms with Gasteiger partial charge in [-0.3, -0.25) is 14.5 Å². The van der Waals surface area contributed by atoms with Crippen LogP contribution >= 0.6 is 0 Å². The van der Waals surface area contributed by atoms with E-state index in [2.05, 4.69) is 32.0 Å². The molecule has 0 aromatic heterocycles. The zero-order chi connectivity index (χ0) is 13.6. The first-order valence-corrected chi connectivity index (χ1v) is 6.76. The molecule has 1 aliphatic carbocycles. The molecule has 0 unspecified atom stereocenters. The number of benzene rings is 1. The molecular formula is C16H17NO2. The Morgan fingerprint density at radius 1 is 1.16 bits per heavy atom. The van der Waals surface area contributed by atoms with Gasteiger partial charge in [0.25, 0.3) is 11.8 Å². The van der Waals surface area contributed by atoms with Gasteiger partial charge in [-0.2, -0.15) is 0 Å². The molecule has 0 spiro atoms. The number of rotatable bonds is 2. The number of amides is 2. The Bertz CT molecular complexity index is 568. The first-order valence-electron chi connectivity index (χ1n) is 6.76. The summed E-state index contributed by atoms with van der Waals surface area (Å²) in [6.45, 7) is 4.34. The fraction of sp³-hybridized carbons (Fsp3) is 0.375. The Labute approximate surface area is 112 Å². The highest BCUT2D eigenvalue weighted by Crippen LogP contribution is 2.38. The minimum absolute atomic E-state index is 0.0776. The zero-order valence-electron chi connectivity index (χ0n) is 11.2. The third kappa shape index (κ3) is 1.89. The molecule has 1 aromatic carbocycles. The van der Waals surface area contributed by atoms with Crippen LogP contribution in [-0.2, 0) is 16.0 Å². The number of imide groups is 1. The Hall–Kier alpha value is -1.90. The second kappa shape index (κ2) is 4.34. The van der Waals surface area contributed by atoms with E-state index in [1.807, 2.05) is 0 Å². The maximum Gasteiger partial charge on any atom is 0.254 e. The minimum Gasteiger partial charge on any atom is -0.269 e. The standard InChI is InChI=1S/C16H17NO2/c1-10(2)11-3-5-13-12(9-11)4-6-14(13)17-15(18)7-8-16(17)19/h3,5,7-10,14H,4,6H2,1-2H3/t14-/m0/s1. The number of aryl methyl sites for hydroxylation is 1. The molecule has 1 atom stereocenters. The Balaban J connectivity index is 1.95. The van der Waals surface area contributed by atoms with Crippen molar-refractivity contribution >= 4 is 11.8 Å². The molecule has 3 heteroatoms. The summed E-state index contributed by atoms with van der Waals surface area (Å²) in [6.07, 6.45) is 4.51. The van der Waals surface area contributed by atoms with E-state index in [0.29, 0.717) is 5.92 Å². The van der Waals surface area contributed by atoms with Gasteiger partial charge in [-0.25, -0.2) is 0 Å². The van der Waals surface area contributed by atoms with Crippen molar-refractivity contribution in [3.05, 3.63) is 47.0 Å². The number of fused-ring (bicyclic) bond motifs is 1. The van der Waals surface area contributed by atoms with Gasteiger partial charge in [0.05, 0.1) is 6.04 Å². The third-order valence-corrected chi connectivity index (χ3v) is 4.03. The second-order valence-corrected chi connectivity index (χ2v) is 5.55. The predicted octanol–water partition coefficient (Wildman–Crippen LogP) is 2.72. The molecule has 98 valence electrons. The number of carbonyl (C=O) groups is 2. The summed E-state index contributed by atoms with van der Waals surface area (Å²) >= 11 is 0. The van der Waals surface area contributed by atoms with E-state index in [4.69, 9.17) is 0 Å². The number of hydrogen-bond acceptors (Lipinski definition) is 2. The molecule has 3 rings (SSSR count). The maximum atomic E-state index is 11.8. The fourth-order valence-corrected chi connectivity index (χ4v) is 2.96. The highest BCUT2D eigenvalue weighted by Gasteiger charge is 2.36. The normalized spacial score (nSPS) is 21.6. The van der Waals surface area contributed by atoms with Crippen LogP contribution in [0.4, 0.5) is 0 Å². The zero-order valence-corrected chi connectivity index (χ0v) is 11.2. The van der Waals surface area contributed by atoms with E-state index in [0.717, 1.165) is 18.4 Å². The van der Waals surface area contributed by atoms with Crippen LogP contribution in [0.5, 0.6) is 0 Å². The van der Waals surface area contributed by atoms with Gasteiger partial charge < -0.3 is 0 Å². The molecule has 1 heterocycles. The van der Waals surface area contributed by atoms with E-state index >= 15 is 0 Å². The third-order valence-electron chi connectivity index (χ3n) is 4.03. The lowest BCUT2D eigenvalue weighted by atomic mass is 9.97. The first kappa shape index (κ1) is 12.2. The molecule has 0 bridgehead atoms. The molecule has 2 aliphatic rings. The van der Waals surface area contributed by atoms with Crippen LogP contribution in [0, 0.1) is 0 Å². The summed E-state index contributed by atoms with van der Waals surface area (Å²) in [4.78, 5) is 24.9. The lowest BCUT2D eigenvalue weighted by Gasteiger charge is -2.23. The van der Waals surface area contributed by atoms with Crippen molar-refractivity contribution in [2.45, 2.75) is 38.6 Å². The summed E-state index contributed by atoms with van der Waals surface area (Å²) in [5.41, 5.74) is 3.73. The molecule has 0 saturated carbocycles. The lowest BCUT2D eigenvalue weighted by Crippen LogP contribution is -2.33. The van der Waals surface area contributed by atoms with Gasteiger partial charge in [0.1, 0.15) is 0 Å². The van der Waals surface area contributed by atoms with Crippen LogP contribution in [0.2, 0.25) is 0 Å². The highest BCUT2D eigenvalue weighted by molar-refractivity contribution is 6.13. The summed E-state index contributed by atoms with van der Waals surface area (Å²) < 4.78 is 0. The van der Waals surface area contributed by atoms with Crippen molar-refractivity contribution in [3.8, 4) is 0 Å². The quantitative estimate of drug-likeness (QED) is 0.762. The maximum absolute atomic E-state index is 11.8. The summed E-state index contributed by atoms with van der Waals surface area (Å²) in [6, 6.07) is 6.34. The molecule has 0 saturated heterocycles. The monoisotopic (exact) mass is 255 g/mol. The Kier molecular flexibility index (Phi) is 2.77. The largest absolute Gasteiger partial charge is 0.269 e. The van der Waals surface area contributed by atoms with Gasteiger partial charge in [0.2, 0.25) is 0 Å². The van der Waals surface area contributed by atoms with Crippen molar-refractivity contribution in [1.82, 2.24) is 4.90 Å². The SMILES string of the molecule is CC(C)c1ccc2c(c1)CC[C@@H]2N1C(=O)C=CC1=O. The van der Waals surface area contributed by atoms with Crippen LogP contribution in [-0.4, -0.2) is 16.7 Å². The van der Waals surface area contributed by atoms with Gasteiger partial charge in [0, 0.05) is 12.2 Å². The first-order chi connectivity index (χ1) is 9.08. The Morgan fingerprint density at radius 2 is 1.84 bits per heavy atom. The van der Waals surface area contributed by atoms with Crippen LogP contribution in [0.3, 0.4) is 0 Å². The summed E-state index contributed by atoms with van der Waals surface area (Å²) in [5, 5.41) is 0. The van der Waals surface area contributed by atoms with Gasteiger partial charge in [-0.15, -0.1) is 0 Å². The topological polar surface area (TPSA) is 37.4 Å². The fourth-order valence-electron chi connectivity index (χ4n) is 2.96. The van der Waals surface area contributed by atoms with Crippen LogP contribution in [0.15, 0.2) is 30.4 Å². The van der Waals surface area contributed by atoms with Gasteiger partial charge in [-0.1, -0.05) is 32.0 Å². The van der Waals surface area contributed by atoms with Crippen LogP contribution in [0.1, 0.15) is 48.9 Å². The van der Waals surface area contributed by atoms with Crippen molar-refractivity contribution in [2.24, 2.45) is 0 Å². The number of nitrogens with zero attached hydrogens (tertiary/aromatic N) is 1. The molecular weight excluding hydrogens is 238 g/mol. The minimum atomic E-state index is -0.184. The molecule has 0 N–H and O–H groups in total. The molecule has 3 nitrogen and oxygen atoms in total. The van der Waals surface area contributed by atoms with Crippen molar-refractivity contribution in [3.63, 3.8) is 0 Å². The van der Waals surface area contributed by atoms with Crippen LogP contribution in [0.25, 0.3) is 0 Å².